The maximum absolute atomic E-state index is 12.6. The van der Waals surface area contributed by atoms with Gasteiger partial charge in [-0.05, 0) is 25.1 Å². The Hall–Kier alpha value is -3.95. The van der Waals surface area contributed by atoms with Crippen LogP contribution in [0.25, 0.3) is 11.5 Å². The van der Waals surface area contributed by atoms with Crippen molar-refractivity contribution in [3.8, 4) is 17.3 Å². The highest BCUT2D eigenvalue weighted by molar-refractivity contribution is 5.95. The first-order valence-corrected chi connectivity index (χ1v) is 9.37. The van der Waals surface area contributed by atoms with Crippen molar-refractivity contribution >= 4 is 17.4 Å². The molecule has 0 saturated heterocycles. The number of amides is 1. The van der Waals surface area contributed by atoms with E-state index in [4.69, 9.17) is 9.47 Å². The van der Waals surface area contributed by atoms with Crippen LogP contribution in [0.15, 0.2) is 36.7 Å². The molecule has 1 aromatic carbocycles. The van der Waals surface area contributed by atoms with E-state index >= 15 is 0 Å². The quantitative estimate of drug-likeness (QED) is 0.554. The van der Waals surface area contributed by atoms with Crippen LogP contribution in [0.5, 0.6) is 11.5 Å². The fourth-order valence-electron chi connectivity index (χ4n) is 3.92. The number of hydrogen-bond acceptors (Lipinski definition) is 7. The second-order valence-corrected chi connectivity index (χ2v) is 7.00. The second-order valence-electron chi connectivity index (χ2n) is 7.00. The van der Waals surface area contributed by atoms with Gasteiger partial charge in [0.1, 0.15) is 23.6 Å². The minimum Gasteiger partial charge on any atom is -0.497 e. The molecule has 1 aliphatic rings. The zero-order valence-corrected chi connectivity index (χ0v) is 16.7. The molecule has 0 spiro atoms. The lowest BCUT2D eigenvalue weighted by Crippen LogP contribution is -2.25. The number of rotatable bonds is 4. The molecule has 0 saturated carbocycles. The average molecular weight is 405 g/mol. The van der Waals surface area contributed by atoms with Crippen molar-refractivity contribution in [1.29, 1.82) is 0 Å². The molecule has 4 aromatic rings. The van der Waals surface area contributed by atoms with E-state index in [1.165, 1.54) is 6.33 Å². The summed E-state index contributed by atoms with van der Waals surface area (Å²) in [5.41, 5.74) is 3.27. The molecule has 4 heterocycles. The number of nitrogens with zero attached hydrogens (tertiary/aromatic N) is 6. The van der Waals surface area contributed by atoms with Gasteiger partial charge in [-0.15, -0.1) is 15.3 Å². The zero-order valence-electron chi connectivity index (χ0n) is 16.7. The molecule has 10 nitrogen and oxygen atoms in total. The van der Waals surface area contributed by atoms with Gasteiger partial charge in [-0.3, -0.25) is 4.79 Å². The number of nitrogens with one attached hydrogen (secondary N) is 1. The smallest absolute Gasteiger partial charge is 0.226 e. The van der Waals surface area contributed by atoms with Crippen molar-refractivity contribution in [2.75, 3.05) is 19.5 Å². The van der Waals surface area contributed by atoms with Crippen molar-refractivity contribution in [3.05, 3.63) is 53.5 Å². The molecule has 152 valence electrons. The fourth-order valence-corrected chi connectivity index (χ4v) is 3.92. The SMILES string of the molecule is COc1ccc(C2CC(=O)Nc3c2c(C)nn3-c2ccc3nncn3n2)c(OC)c1. The number of methoxy groups -OCH3 is 2. The number of benzene rings is 1. The molecule has 3 aromatic heterocycles. The second kappa shape index (κ2) is 6.83. The van der Waals surface area contributed by atoms with Gasteiger partial charge >= 0.3 is 0 Å². The maximum Gasteiger partial charge on any atom is 0.226 e. The third-order valence-electron chi connectivity index (χ3n) is 5.28. The van der Waals surface area contributed by atoms with E-state index in [0.29, 0.717) is 35.2 Å². The van der Waals surface area contributed by atoms with E-state index in [9.17, 15) is 4.79 Å². The van der Waals surface area contributed by atoms with Gasteiger partial charge in [0.15, 0.2) is 11.5 Å². The largest absolute Gasteiger partial charge is 0.497 e. The molecule has 0 radical (unpaired) electrons. The third kappa shape index (κ3) is 2.76. The van der Waals surface area contributed by atoms with Crippen LogP contribution < -0.4 is 14.8 Å². The van der Waals surface area contributed by atoms with Gasteiger partial charge < -0.3 is 14.8 Å². The van der Waals surface area contributed by atoms with Gasteiger partial charge in [-0.1, -0.05) is 6.07 Å². The predicted octanol–water partition coefficient (Wildman–Crippen LogP) is 2.11. The number of carbonyl (C=O) groups excluding carboxylic acids is 1. The number of fused-ring (bicyclic) bond motifs is 2. The van der Waals surface area contributed by atoms with Crippen LogP contribution in [-0.2, 0) is 4.79 Å². The van der Waals surface area contributed by atoms with Crippen LogP contribution in [0.2, 0.25) is 0 Å². The lowest BCUT2D eigenvalue weighted by atomic mass is 9.85. The van der Waals surface area contributed by atoms with E-state index in [-0.39, 0.29) is 11.8 Å². The molecule has 1 N–H and O–H groups in total. The minimum atomic E-state index is -0.206. The average Bonchev–Trinajstić information content (AvgIpc) is 3.36. The summed E-state index contributed by atoms with van der Waals surface area (Å²) in [6, 6.07) is 9.21. The number of hydrogen-bond donors (Lipinski definition) is 1. The molecule has 1 unspecified atom stereocenters. The number of anilines is 1. The van der Waals surface area contributed by atoms with E-state index in [2.05, 4.69) is 25.7 Å². The summed E-state index contributed by atoms with van der Waals surface area (Å²) in [6.45, 7) is 1.92. The molecule has 10 heteroatoms. The standard InChI is InChI=1S/C20H19N7O3/c1-11-19-14(13-5-4-12(29-2)8-15(13)30-3)9-18(28)22-20(19)27(24-11)17-7-6-16-23-21-10-26(16)25-17/h4-8,10,14H,9H2,1-3H3,(H,22,28). The van der Waals surface area contributed by atoms with Crippen LogP contribution in [0.3, 0.4) is 0 Å². The lowest BCUT2D eigenvalue weighted by molar-refractivity contribution is -0.116. The zero-order chi connectivity index (χ0) is 20.8. The number of ether oxygens (including phenoxy) is 2. The fraction of sp³-hybridized carbons (Fsp3) is 0.250. The maximum atomic E-state index is 12.6. The number of aryl methyl sites for hydroxylation is 1. The Morgan fingerprint density at radius 1 is 1.13 bits per heavy atom. The summed E-state index contributed by atoms with van der Waals surface area (Å²) in [7, 11) is 3.21. The highest BCUT2D eigenvalue weighted by Crippen LogP contribution is 2.43. The Morgan fingerprint density at radius 3 is 2.80 bits per heavy atom. The highest BCUT2D eigenvalue weighted by atomic mass is 16.5. The summed E-state index contributed by atoms with van der Waals surface area (Å²) in [5.74, 6) is 2.20. The van der Waals surface area contributed by atoms with Gasteiger partial charge in [0.25, 0.3) is 0 Å². The monoisotopic (exact) mass is 405 g/mol. The number of aromatic nitrogens is 6. The molecule has 30 heavy (non-hydrogen) atoms. The highest BCUT2D eigenvalue weighted by Gasteiger charge is 2.34. The Balaban J connectivity index is 1.67. The Bertz CT molecular complexity index is 1280. The van der Waals surface area contributed by atoms with Gasteiger partial charge in [-0.25, -0.2) is 0 Å². The summed E-state index contributed by atoms with van der Waals surface area (Å²) < 4.78 is 14.1. The van der Waals surface area contributed by atoms with E-state index in [1.807, 2.05) is 25.1 Å². The molecule has 0 aliphatic carbocycles. The molecular formula is C20H19N7O3. The van der Waals surface area contributed by atoms with Crippen LogP contribution in [0, 0.1) is 6.92 Å². The summed E-state index contributed by atoms with van der Waals surface area (Å²) >= 11 is 0. The summed E-state index contributed by atoms with van der Waals surface area (Å²) in [6.07, 6.45) is 1.81. The van der Waals surface area contributed by atoms with E-state index in [0.717, 1.165) is 16.8 Å². The molecule has 0 fully saturated rings. The molecule has 1 amide bonds. The van der Waals surface area contributed by atoms with E-state index < -0.39 is 0 Å². The van der Waals surface area contributed by atoms with Gasteiger partial charge in [0.2, 0.25) is 5.91 Å². The molecule has 1 aliphatic heterocycles. The Kier molecular flexibility index (Phi) is 4.12. The van der Waals surface area contributed by atoms with Crippen molar-refractivity contribution in [2.45, 2.75) is 19.3 Å². The Morgan fingerprint density at radius 2 is 2.00 bits per heavy atom. The van der Waals surface area contributed by atoms with Crippen molar-refractivity contribution in [3.63, 3.8) is 0 Å². The van der Waals surface area contributed by atoms with Gasteiger partial charge in [0, 0.05) is 29.5 Å². The van der Waals surface area contributed by atoms with Crippen LogP contribution in [-0.4, -0.2) is 49.7 Å². The summed E-state index contributed by atoms with van der Waals surface area (Å²) in [5, 5.41) is 20.0. The molecule has 0 bridgehead atoms. The van der Waals surface area contributed by atoms with Gasteiger partial charge in [0.05, 0.1) is 19.9 Å². The van der Waals surface area contributed by atoms with E-state index in [1.54, 1.807) is 35.5 Å². The predicted molar refractivity (Wildman–Crippen MR) is 107 cm³/mol. The van der Waals surface area contributed by atoms with Gasteiger partial charge in [-0.2, -0.15) is 14.3 Å². The normalized spacial score (nSPS) is 15.7. The topological polar surface area (TPSA) is 108 Å². The van der Waals surface area contributed by atoms with Crippen molar-refractivity contribution < 1.29 is 14.3 Å². The Labute approximate surface area is 171 Å². The number of carbonyl (C=O) groups is 1. The van der Waals surface area contributed by atoms with Crippen LogP contribution in [0.4, 0.5) is 5.82 Å². The van der Waals surface area contributed by atoms with Crippen LogP contribution in [0.1, 0.15) is 29.2 Å². The van der Waals surface area contributed by atoms with Crippen molar-refractivity contribution in [2.24, 2.45) is 0 Å². The van der Waals surface area contributed by atoms with Crippen molar-refractivity contribution in [1.82, 2.24) is 29.6 Å². The molecule has 5 rings (SSSR count). The first-order chi connectivity index (χ1) is 14.6. The molecule has 1 atom stereocenters. The first kappa shape index (κ1) is 18.1. The minimum absolute atomic E-state index is 0.100. The third-order valence-corrected chi connectivity index (χ3v) is 5.28. The first-order valence-electron chi connectivity index (χ1n) is 9.37. The van der Waals surface area contributed by atoms with Crippen LogP contribution >= 0.6 is 0 Å². The molecular weight excluding hydrogens is 386 g/mol. The summed E-state index contributed by atoms with van der Waals surface area (Å²) in [4.78, 5) is 12.6. The lowest BCUT2D eigenvalue weighted by Gasteiger charge is -2.25.